The predicted molar refractivity (Wildman–Crippen MR) is 112 cm³/mol. The largest absolute Gasteiger partial charge is 0.573 e. The zero-order valence-electron chi connectivity index (χ0n) is 18.4. The van der Waals surface area contributed by atoms with Gasteiger partial charge in [-0.1, -0.05) is 0 Å². The lowest BCUT2D eigenvalue weighted by molar-refractivity contribution is -0.274. The van der Waals surface area contributed by atoms with Gasteiger partial charge in [0.15, 0.2) is 0 Å². The fourth-order valence-corrected chi connectivity index (χ4v) is 6.61. The minimum atomic E-state index is -5.75. The molecule has 7 nitrogen and oxygen atoms in total. The molecule has 0 amide bonds. The lowest BCUT2D eigenvalue weighted by atomic mass is 9.41. The van der Waals surface area contributed by atoms with Crippen molar-refractivity contribution in [1.29, 1.82) is 0 Å². The summed E-state index contributed by atoms with van der Waals surface area (Å²) in [5.41, 5.74) is -4.94. The van der Waals surface area contributed by atoms with Gasteiger partial charge in [-0.2, -0.15) is 17.5 Å². The molecule has 1 aromatic carbocycles. The van der Waals surface area contributed by atoms with Gasteiger partial charge in [-0.15, -0.1) is 13.2 Å². The van der Waals surface area contributed by atoms with E-state index in [1.54, 1.807) is 6.20 Å². The van der Waals surface area contributed by atoms with E-state index in [4.69, 9.17) is 0 Å². The number of benzene rings is 1. The van der Waals surface area contributed by atoms with Gasteiger partial charge in [0.1, 0.15) is 5.75 Å². The standard InChI is InChI=1S/C21H22F6N4O3S/c1-12-15-9-30(35(32,33)21(25,26)27)10-18(19-4-13(5-19)6-19)31(8-14-7-28-11-29-14)16(15)2-3-17(12)34-20(22,23)24/h2-3,7,11,13,18H,4-6,8-10H2,1H3,(H,28,29). The maximum absolute atomic E-state index is 13.6. The van der Waals surface area contributed by atoms with Crippen molar-refractivity contribution in [2.75, 3.05) is 11.4 Å². The number of fused-ring (bicyclic) bond motifs is 1. The Morgan fingerprint density at radius 2 is 1.86 bits per heavy atom. The first-order valence-corrected chi connectivity index (χ1v) is 12.3. The summed E-state index contributed by atoms with van der Waals surface area (Å²) in [5, 5.41) is 0. The van der Waals surface area contributed by atoms with Crippen LogP contribution in [-0.2, 0) is 23.1 Å². The first-order valence-electron chi connectivity index (χ1n) is 10.9. The second kappa shape index (κ2) is 7.76. The van der Waals surface area contributed by atoms with Crippen LogP contribution in [0.15, 0.2) is 24.7 Å². The van der Waals surface area contributed by atoms with Crippen LogP contribution in [0.5, 0.6) is 5.75 Å². The van der Waals surface area contributed by atoms with Crippen LogP contribution in [0, 0.1) is 18.3 Å². The van der Waals surface area contributed by atoms with Gasteiger partial charge < -0.3 is 14.6 Å². The number of nitrogens with zero attached hydrogens (tertiary/aromatic N) is 3. The first-order chi connectivity index (χ1) is 16.2. The summed E-state index contributed by atoms with van der Waals surface area (Å²) in [4.78, 5) is 8.73. The fraction of sp³-hybridized carbons (Fsp3) is 0.571. The zero-order valence-corrected chi connectivity index (χ0v) is 19.3. The minimum Gasteiger partial charge on any atom is -0.406 e. The molecule has 0 radical (unpaired) electrons. The van der Waals surface area contributed by atoms with Gasteiger partial charge in [0.25, 0.3) is 0 Å². The Hall–Kier alpha value is -2.48. The summed E-state index contributed by atoms with van der Waals surface area (Å²) in [6, 6.07) is 1.87. The lowest BCUT2D eigenvalue weighted by Gasteiger charge is -2.67. The van der Waals surface area contributed by atoms with Crippen LogP contribution in [0.1, 0.15) is 36.1 Å². The van der Waals surface area contributed by atoms with Crippen molar-refractivity contribution in [3.8, 4) is 5.75 Å². The van der Waals surface area contributed by atoms with Crippen molar-refractivity contribution in [3.63, 3.8) is 0 Å². The highest BCUT2D eigenvalue weighted by Crippen LogP contribution is 2.67. The molecule has 3 aliphatic carbocycles. The average molecular weight is 524 g/mol. The topological polar surface area (TPSA) is 78.5 Å². The fourth-order valence-electron chi connectivity index (χ4n) is 5.68. The number of hydrogen-bond acceptors (Lipinski definition) is 5. The van der Waals surface area contributed by atoms with Crippen LogP contribution in [0.4, 0.5) is 32.0 Å². The molecular formula is C21H22F6N4O3S. The van der Waals surface area contributed by atoms with E-state index in [-0.39, 0.29) is 23.1 Å². The van der Waals surface area contributed by atoms with E-state index in [2.05, 4.69) is 14.7 Å². The molecule has 1 aromatic heterocycles. The van der Waals surface area contributed by atoms with Crippen molar-refractivity contribution in [3.05, 3.63) is 41.5 Å². The molecule has 0 spiro atoms. The van der Waals surface area contributed by atoms with Crippen LogP contribution >= 0.6 is 0 Å². The monoisotopic (exact) mass is 524 g/mol. The molecule has 0 saturated heterocycles. The second-order valence-corrected chi connectivity index (χ2v) is 11.5. The Bertz CT molecular complexity index is 1210. The number of alkyl halides is 6. The molecule has 2 bridgehead atoms. The number of rotatable bonds is 5. The number of aromatic nitrogens is 2. The third kappa shape index (κ3) is 4.03. The maximum Gasteiger partial charge on any atom is 0.573 e. The molecule has 2 aromatic rings. The highest BCUT2D eigenvalue weighted by molar-refractivity contribution is 7.89. The molecule has 192 valence electrons. The van der Waals surface area contributed by atoms with Crippen molar-refractivity contribution >= 4 is 15.7 Å². The number of anilines is 1. The first kappa shape index (κ1) is 24.2. The third-order valence-electron chi connectivity index (χ3n) is 7.47. The minimum absolute atomic E-state index is 0.0354. The van der Waals surface area contributed by atoms with Gasteiger partial charge in [0, 0.05) is 31.0 Å². The van der Waals surface area contributed by atoms with Crippen molar-refractivity contribution in [2.24, 2.45) is 11.3 Å². The van der Waals surface area contributed by atoms with E-state index < -0.39 is 46.8 Å². The van der Waals surface area contributed by atoms with Gasteiger partial charge in [-0.3, -0.25) is 0 Å². The molecule has 35 heavy (non-hydrogen) atoms. The highest BCUT2D eigenvalue weighted by Gasteiger charge is 2.63. The number of imidazole rings is 1. The molecule has 1 unspecified atom stereocenters. The van der Waals surface area contributed by atoms with E-state index >= 15 is 0 Å². The SMILES string of the molecule is Cc1c(OC(F)(F)F)ccc2c1CN(S(=O)(=O)C(F)(F)F)CC(C13CC(C1)C3)N2Cc1cnc[nH]1. The summed E-state index contributed by atoms with van der Waals surface area (Å²) in [6.07, 6.45) is 0.255. The summed E-state index contributed by atoms with van der Waals surface area (Å²) in [6.45, 7) is 0.288. The summed E-state index contributed by atoms with van der Waals surface area (Å²) < 4.78 is 109. The molecule has 6 rings (SSSR count). The summed E-state index contributed by atoms with van der Waals surface area (Å²) in [5.74, 6) is -0.130. The molecule has 1 N–H and O–H groups in total. The number of sulfonamides is 1. The molecule has 1 atom stereocenters. The second-order valence-electron chi connectivity index (χ2n) is 9.54. The van der Waals surface area contributed by atoms with Crippen LogP contribution < -0.4 is 9.64 Å². The van der Waals surface area contributed by atoms with Gasteiger partial charge in [0.05, 0.1) is 18.6 Å². The van der Waals surface area contributed by atoms with E-state index in [0.29, 0.717) is 21.6 Å². The summed E-state index contributed by atoms with van der Waals surface area (Å²) in [7, 11) is -5.75. The predicted octanol–water partition coefficient (Wildman–Crippen LogP) is 4.46. The van der Waals surface area contributed by atoms with Gasteiger partial charge >= 0.3 is 21.9 Å². The maximum atomic E-state index is 13.6. The number of halogens is 6. The van der Waals surface area contributed by atoms with Crippen LogP contribution in [0.3, 0.4) is 0 Å². The normalized spacial score (nSPS) is 27.0. The average Bonchev–Trinajstić information content (AvgIpc) is 3.11. The quantitative estimate of drug-likeness (QED) is 0.585. The van der Waals surface area contributed by atoms with Crippen molar-refractivity contribution in [2.45, 2.75) is 57.2 Å². The Labute approximate surface area is 197 Å². The summed E-state index contributed by atoms with van der Waals surface area (Å²) >= 11 is 0. The number of hydrogen-bond donors (Lipinski definition) is 1. The molecular weight excluding hydrogens is 502 g/mol. The van der Waals surface area contributed by atoms with Crippen LogP contribution in [-0.4, -0.2) is 47.1 Å². The van der Waals surface area contributed by atoms with E-state index in [1.807, 2.05) is 4.90 Å². The molecule has 14 heteroatoms. The Balaban J connectivity index is 1.66. The zero-order chi connectivity index (χ0) is 25.4. The molecule has 3 saturated carbocycles. The van der Waals surface area contributed by atoms with Gasteiger partial charge in [-0.25, -0.2) is 13.4 Å². The number of ether oxygens (including phenoxy) is 1. The van der Waals surface area contributed by atoms with E-state index in [9.17, 15) is 34.8 Å². The van der Waals surface area contributed by atoms with Gasteiger partial charge in [0.2, 0.25) is 0 Å². The number of H-pyrrole nitrogens is 1. The number of aromatic amines is 1. The Kier molecular flexibility index (Phi) is 5.37. The van der Waals surface area contributed by atoms with E-state index in [1.165, 1.54) is 19.3 Å². The van der Waals surface area contributed by atoms with Crippen LogP contribution in [0.2, 0.25) is 0 Å². The molecule has 4 aliphatic rings. The Morgan fingerprint density at radius 3 is 2.37 bits per heavy atom. The smallest absolute Gasteiger partial charge is 0.406 e. The molecule has 2 heterocycles. The van der Waals surface area contributed by atoms with E-state index in [0.717, 1.165) is 25.3 Å². The Morgan fingerprint density at radius 1 is 1.17 bits per heavy atom. The number of nitrogens with one attached hydrogen (secondary N) is 1. The lowest BCUT2D eigenvalue weighted by Crippen LogP contribution is -2.66. The van der Waals surface area contributed by atoms with Crippen molar-refractivity contribution < 1.29 is 39.5 Å². The third-order valence-corrected chi connectivity index (χ3v) is 9.01. The van der Waals surface area contributed by atoms with Gasteiger partial charge in [-0.05, 0) is 60.8 Å². The highest BCUT2D eigenvalue weighted by atomic mass is 32.2. The van der Waals surface area contributed by atoms with Crippen LogP contribution in [0.25, 0.3) is 0 Å². The molecule has 3 fully saturated rings. The van der Waals surface area contributed by atoms with Crippen molar-refractivity contribution in [1.82, 2.24) is 14.3 Å². The molecule has 1 aliphatic heterocycles.